The minimum atomic E-state index is -0.997. The second kappa shape index (κ2) is 5.94. The van der Waals surface area contributed by atoms with Gasteiger partial charge in [0.1, 0.15) is 5.94 Å². The first-order valence-corrected chi connectivity index (χ1v) is 6.63. The van der Waals surface area contributed by atoms with Gasteiger partial charge in [-0.1, -0.05) is 13.3 Å². The zero-order valence-electron chi connectivity index (χ0n) is 9.49. The third kappa shape index (κ3) is 2.78. The minimum Gasteiger partial charge on any atom is -0.478 e. The van der Waals surface area contributed by atoms with Crippen LogP contribution in [-0.4, -0.2) is 29.2 Å². The molecule has 0 bridgehead atoms. The van der Waals surface area contributed by atoms with Gasteiger partial charge in [0.25, 0.3) is 0 Å². The summed E-state index contributed by atoms with van der Waals surface area (Å²) in [5, 5.41) is 8.89. The molecule has 1 unspecified atom stereocenters. The quantitative estimate of drug-likeness (QED) is 0.572. The Hall–Kier alpha value is -0.970. The summed E-state index contributed by atoms with van der Waals surface area (Å²) >= 11 is 1.39. The van der Waals surface area contributed by atoms with Crippen molar-refractivity contribution in [1.82, 2.24) is 0 Å². The lowest BCUT2D eigenvalue weighted by Crippen LogP contribution is -2.30. The average molecular weight is 244 g/mol. The first-order valence-electron chi connectivity index (χ1n) is 5.24. The van der Waals surface area contributed by atoms with Crippen LogP contribution in [0, 0.1) is 5.92 Å². The molecule has 4 nitrogen and oxygen atoms in total. The molecule has 0 amide bonds. The number of ether oxygens (including phenoxy) is 1. The van der Waals surface area contributed by atoms with E-state index >= 15 is 0 Å². The van der Waals surface area contributed by atoms with Gasteiger partial charge in [-0.25, -0.2) is 9.59 Å². The minimum absolute atomic E-state index is 0.0745. The van der Waals surface area contributed by atoms with E-state index in [-0.39, 0.29) is 17.4 Å². The molecule has 0 aromatic carbocycles. The number of esters is 1. The standard InChI is InChI=1S/C11H16O4S/c1-3-4-7-5-8(10(12)13)9(7)11(14)15-6-16-2/h7H,3-6H2,1-2H3,(H,12,13). The van der Waals surface area contributed by atoms with Crippen molar-refractivity contribution in [3.05, 3.63) is 11.1 Å². The summed E-state index contributed by atoms with van der Waals surface area (Å²) in [6.45, 7) is 2.02. The van der Waals surface area contributed by atoms with Gasteiger partial charge in [-0.15, -0.1) is 11.8 Å². The van der Waals surface area contributed by atoms with Crippen molar-refractivity contribution in [2.75, 3.05) is 12.2 Å². The predicted octanol–water partition coefficient (Wildman–Crippen LogP) is 2.05. The van der Waals surface area contributed by atoms with Crippen molar-refractivity contribution in [3.8, 4) is 0 Å². The van der Waals surface area contributed by atoms with Gasteiger partial charge in [-0.05, 0) is 25.0 Å². The van der Waals surface area contributed by atoms with Gasteiger partial charge < -0.3 is 9.84 Å². The zero-order valence-corrected chi connectivity index (χ0v) is 10.3. The molecule has 1 atom stereocenters. The lowest BCUT2D eigenvalue weighted by atomic mass is 9.75. The highest BCUT2D eigenvalue weighted by atomic mass is 32.2. The summed E-state index contributed by atoms with van der Waals surface area (Å²) < 4.78 is 4.95. The van der Waals surface area contributed by atoms with Crippen LogP contribution in [0.5, 0.6) is 0 Å². The largest absolute Gasteiger partial charge is 0.478 e. The average Bonchev–Trinajstić information content (AvgIpc) is 2.19. The Morgan fingerprint density at radius 2 is 2.25 bits per heavy atom. The highest BCUT2D eigenvalue weighted by molar-refractivity contribution is 7.98. The number of aliphatic carboxylic acids is 1. The number of hydrogen-bond donors (Lipinski definition) is 1. The number of carboxylic acids is 1. The van der Waals surface area contributed by atoms with Crippen LogP contribution in [0.15, 0.2) is 11.1 Å². The molecular formula is C11H16O4S. The third-order valence-electron chi connectivity index (χ3n) is 2.61. The normalized spacial score (nSPS) is 19.2. The van der Waals surface area contributed by atoms with Crippen molar-refractivity contribution >= 4 is 23.7 Å². The summed E-state index contributed by atoms with van der Waals surface area (Å²) in [6.07, 6.45) is 4.11. The van der Waals surface area contributed by atoms with Crippen LogP contribution in [0.4, 0.5) is 0 Å². The Balaban J connectivity index is 2.73. The monoisotopic (exact) mass is 244 g/mol. The summed E-state index contributed by atoms with van der Waals surface area (Å²) in [5.41, 5.74) is 0.605. The van der Waals surface area contributed by atoms with E-state index in [0.717, 1.165) is 12.8 Å². The molecule has 1 aliphatic rings. The lowest BCUT2D eigenvalue weighted by Gasteiger charge is -2.29. The Labute approximate surface area is 99.0 Å². The molecule has 0 aromatic heterocycles. The fraction of sp³-hybridized carbons (Fsp3) is 0.636. The fourth-order valence-electron chi connectivity index (χ4n) is 1.85. The Morgan fingerprint density at radius 3 is 2.75 bits per heavy atom. The van der Waals surface area contributed by atoms with Gasteiger partial charge >= 0.3 is 11.9 Å². The SMILES string of the molecule is CCCC1CC(C(=O)O)=C1C(=O)OCSC. The summed E-state index contributed by atoms with van der Waals surface area (Å²) in [7, 11) is 0. The molecule has 90 valence electrons. The van der Waals surface area contributed by atoms with E-state index in [1.165, 1.54) is 11.8 Å². The van der Waals surface area contributed by atoms with Gasteiger partial charge in [-0.3, -0.25) is 0 Å². The maximum Gasteiger partial charge on any atom is 0.335 e. The van der Waals surface area contributed by atoms with E-state index in [4.69, 9.17) is 9.84 Å². The van der Waals surface area contributed by atoms with Gasteiger partial charge in [0.05, 0.1) is 5.57 Å². The highest BCUT2D eigenvalue weighted by Gasteiger charge is 2.38. The van der Waals surface area contributed by atoms with E-state index < -0.39 is 11.9 Å². The third-order valence-corrected chi connectivity index (χ3v) is 2.96. The summed E-state index contributed by atoms with van der Waals surface area (Å²) in [4.78, 5) is 22.5. The molecule has 0 saturated heterocycles. The molecule has 1 aliphatic carbocycles. The van der Waals surface area contributed by atoms with Gasteiger partial charge in [-0.2, -0.15) is 0 Å². The number of hydrogen-bond acceptors (Lipinski definition) is 4. The summed E-state index contributed by atoms with van der Waals surface area (Å²) in [5.74, 6) is -1.11. The second-order valence-electron chi connectivity index (χ2n) is 3.73. The molecule has 0 spiro atoms. The smallest absolute Gasteiger partial charge is 0.335 e. The van der Waals surface area contributed by atoms with E-state index in [2.05, 4.69) is 0 Å². The summed E-state index contributed by atoms with van der Waals surface area (Å²) in [6, 6.07) is 0. The molecule has 5 heteroatoms. The zero-order chi connectivity index (χ0) is 12.1. The van der Waals surface area contributed by atoms with Crippen LogP contribution in [-0.2, 0) is 14.3 Å². The van der Waals surface area contributed by atoms with Crippen molar-refractivity contribution < 1.29 is 19.4 Å². The van der Waals surface area contributed by atoms with Gasteiger partial charge in [0, 0.05) is 5.57 Å². The Kier molecular flexibility index (Phi) is 4.86. The number of carboxylic acid groups (broad SMARTS) is 1. The van der Waals surface area contributed by atoms with Gasteiger partial charge in [0.2, 0.25) is 0 Å². The van der Waals surface area contributed by atoms with Crippen molar-refractivity contribution in [2.24, 2.45) is 5.92 Å². The fourth-order valence-corrected chi connectivity index (χ4v) is 2.08. The highest BCUT2D eigenvalue weighted by Crippen LogP contribution is 2.38. The number of thioether (sulfide) groups is 1. The number of rotatable bonds is 6. The molecule has 0 aliphatic heterocycles. The first kappa shape index (κ1) is 13.1. The molecule has 0 saturated carbocycles. The predicted molar refractivity (Wildman–Crippen MR) is 62.2 cm³/mol. The van der Waals surface area contributed by atoms with Crippen LogP contribution in [0.2, 0.25) is 0 Å². The molecule has 0 aromatic rings. The topological polar surface area (TPSA) is 63.6 Å². The Bertz CT molecular complexity index is 322. The van der Waals surface area contributed by atoms with Crippen molar-refractivity contribution in [2.45, 2.75) is 26.2 Å². The van der Waals surface area contributed by atoms with Crippen LogP contribution in [0.25, 0.3) is 0 Å². The Morgan fingerprint density at radius 1 is 1.56 bits per heavy atom. The first-order chi connectivity index (χ1) is 7.61. The van der Waals surface area contributed by atoms with Crippen LogP contribution >= 0.6 is 11.8 Å². The molecule has 1 N–H and O–H groups in total. The molecule has 0 fully saturated rings. The van der Waals surface area contributed by atoms with Crippen molar-refractivity contribution in [1.29, 1.82) is 0 Å². The van der Waals surface area contributed by atoms with E-state index in [0.29, 0.717) is 12.0 Å². The molecular weight excluding hydrogens is 228 g/mol. The van der Waals surface area contributed by atoms with Crippen LogP contribution < -0.4 is 0 Å². The second-order valence-corrected chi connectivity index (χ2v) is 4.54. The van der Waals surface area contributed by atoms with Crippen LogP contribution in [0.3, 0.4) is 0 Å². The van der Waals surface area contributed by atoms with Crippen molar-refractivity contribution in [3.63, 3.8) is 0 Å². The maximum absolute atomic E-state index is 11.6. The van der Waals surface area contributed by atoms with E-state index in [1.807, 2.05) is 13.2 Å². The number of carbonyl (C=O) groups excluding carboxylic acids is 1. The molecule has 0 heterocycles. The number of carbonyl (C=O) groups is 2. The maximum atomic E-state index is 11.6. The van der Waals surface area contributed by atoms with Gasteiger partial charge in [0.15, 0.2) is 0 Å². The molecule has 16 heavy (non-hydrogen) atoms. The van der Waals surface area contributed by atoms with E-state index in [1.54, 1.807) is 0 Å². The van der Waals surface area contributed by atoms with E-state index in [9.17, 15) is 9.59 Å². The molecule has 1 rings (SSSR count). The van der Waals surface area contributed by atoms with Crippen LogP contribution in [0.1, 0.15) is 26.2 Å². The molecule has 0 radical (unpaired) electrons. The lowest BCUT2D eigenvalue weighted by molar-refractivity contribution is -0.140.